The Hall–Kier alpha value is -1.38. The molecule has 0 aliphatic rings. The molecule has 0 aromatic heterocycles. The average molecular weight is 563 g/mol. The zero-order chi connectivity index (χ0) is 20.1. The number of amides is 1. The van der Waals surface area contributed by atoms with E-state index >= 15 is 0 Å². The van der Waals surface area contributed by atoms with Crippen molar-refractivity contribution in [3.8, 4) is 11.5 Å². The number of benzene rings is 2. The molecular weight excluding hydrogens is 544 g/mol. The number of nitrogens with one attached hydrogen (secondary N) is 1. The van der Waals surface area contributed by atoms with Crippen LogP contribution >= 0.6 is 47.8 Å². The van der Waals surface area contributed by atoms with Crippen molar-refractivity contribution in [1.82, 2.24) is 5.43 Å². The van der Waals surface area contributed by atoms with Gasteiger partial charge in [0.25, 0.3) is 5.91 Å². The molecule has 0 saturated heterocycles. The Morgan fingerprint density at radius 3 is 2.63 bits per heavy atom. The Morgan fingerprint density at radius 2 is 1.96 bits per heavy atom. The first-order valence-corrected chi connectivity index (χ1v) is 10.5. The lowest BCUT2D eigenvalue weighted by Crippen LogP contribution is -2.25. The molecule has 2 rings (SSSR count). The highest BCUT2D eigenvalue weighted by atomic mass is 79.9. The molecule has 2 aromatic rings. The number of ether oxygens (including phenoxy) is 1. The van der Waals surface area contributed by atoms with Crippen molar-refractivity contribution in [2.75, 3.05) is 6.61 Å². The maximum absolute atomic E-state index is 12.0. The van der Waals surface area contributed by atoms with E-state index < -0.39 is 0 Å². The SMILES string of the molecule is Cc1ccc(C(C)C)c(OCC(=O)N/N=C/c2c(Br)cc(Br)c(O)c2Br)c1. The number of phenols is 1. The maximum Gasteiger partial charge on any atom is 0.277 e. The quantitative estimate of drug-likeness (QED) is 0.353. The summed E-state index contributed by atoms with van der Waals surface area (Å²) in [6.45, 7) is 5.98. The summed E-state index contributed by atoms with van der Waals surface area (Å²) in [6, 6.07) is 7.65. The fourth-order valence-corrected chi connectivity index (χ4v) is 4.63. The largest absolute Gasteiger partial charge is 0.506 e. The maximum atomic E-state index is 12.0. The van der Waals surface area contributed by atoms with Crippen LogP contribution in [-0.2, 0) is 4.79 Å². The molecule has 0 fully saturated rings. The summed E-state index contributed by atoms with van der Waals surface area (Å²) in [7, 11) is 0. The van der Waals surface area contributed by atoms with Crippen LogP contribution < -0.4 is 10.2 Å². The van der Waals surface area contributed by atoms with Gasteiger partial charge in [-0.25, -0.2) is 5.43 Å². The molecule has 0 spiro atoms. The van der Waals surface area contributed by atoms with Gasteiger partial charge in [0.2, 0.25) is 0 Å². The first-order valence-electron chi connectivity index (χ1n) is 8.12. The summed E-state index contributed by atoms with van der Waals surface area (Å²) in [5.41, 5.74) is 5.14. The highest BCUT2D eigenvalue weighted by Crippen LogP contribution is 2.38. The number of hydrazone groups is 1. The molecule has 0 saturated carbocycles. The summed E-state index contributed by atoms with van der Waals surface area (Å²) in [4.78, 5) is 12.0. The molecule has 5 nitrogen and oxygen atoms in total. The van der Waals surface area contributed by atoms with Gasteiger partial charge >= 0.3 is 0 Å². The van der Waals surface area contributed by atoms with Gasteiger partial charge in [0, 0.05) is 10.0 Å². The number of halogens is 3. The first-order chi connectivity index (χ1) is 12.7. The van der Waals surface area contributed by atoms with Gasteiger partial charge in [-0.1, -0.05) is 41.9 Å². The second-order valence-electron chi connectivity index (χ2n) is 6.19. The number of hydrogen-bond donors (Lipinski definition) is 2. The molecule has 2 N–H and O–H groups in total. The Labute approximate surface area is 183 Å². The standard InChI is InChI=1S/C19H19Br3N2O3/c1-10(2)12-5-4-11(3)6-16(12)27-9-17(25)24-23-8-13-14(20)7-15(21)19(26)18(13)22/h4-8,10,26H,9H2,1-3H3,(H,24,25)/b23-8+. The van der Waals surface area contributed by atoms with Crippen LogP contribution in [0.2, 0.25) is 0 Å². The molecule has 144 valence electrons. The number of carbonyl (C=O) groups is 1. The van der Waals surface area contributed by atoms with Crippen LogP contribution in [0.25, 0.3) is 0 Å². The van der Waals surface area contributed by atoms with E-state index in [0.717, 1.165) is 11.1 Å². The average Bonchev–Trinajstić information content (AvgIpc) is 2.60. The fraction of sp³-hybridized carbons (Fsp3) is 0.263. The zero-order valence-electron chi connectivity index (χ0n) is 15.0. The lowest BCUT2D eigenvalue weighted by molar-refractivity contribution is -0.123. The third kappa shape index (κ3) is 5.80. The molecular formula is C19H19Br3N2O3. The monoisotopic (exact) mass is 560 g/mol. The Balaban J connectivity index is 2.01. The van der Waals surface area contributed by atoms with Crippen LogP contribution in [0.3, 0.4) is 0 Å². The van der Waals surface area contributed by atoms with Crippen LogP contribution in [-0.4, -0.2) is 23.8 Å². The van der Waals surface area contributed by atoms with Crippen molar-refractivity contribution in [3.63, 3.8) is 0 Å². The van der Waals surface area contributed by atoms with Crippen LogP contribution in [0.4, 0.5) is 0 Å². The second kappa shape index (κ2) is 9.71. The molecule has 0 bridgehead atoms. The molecule has 0 aliphatic heterocycles. The van der Waals surface area contributed by atoms with Gasteiger partial charge in [0.1, 0.15) is 11.5 Å². The number of phenolic OH excluding ortho intramolecular Hbond substituents is 1. The molecule has 1 amide bonds. The number of hydrogen-bond acceptors (Lipinski definition) is 4. The summed E-state index contributed by atoms with van der Waals surface area (Å²) in [5, 5.41) is 13.9. The number of nitrogens with zero attached hydrogens (tertiary/aromatic N) is 1. The van der Waals surface area contributed by atoms with Gasteiger partial charge in [0.15, 0.2) is 6.61 Å². The van der Waals surface area contributed by atoms with Crippen molar-refractivity contribution in [1.29, 1.82) is 0 Å². The third-order valence-corrected chi connectivity index (χ3v) is 5.78. The van der Waals surface area contributed by atoms with Crippen molar-refractivity contribution in [2.24, 2.45) is 5.10 Å². The van der Waals surface area contributed by atoms with Crippen LogP contribution in [0.1, 0.15) is 36.5 Å². The molecule has 27 heavy (non-hydrogen) atoms. The summed E-state index contributed by atoms with van der Waals surface area (Å²) < 4.78 is 7.37. The Bertz CT molecular complexity index is 883. The predicted octanol–water partition coefficient (Wildman–Crippen LogP) is 5.64. The van der Waals surface area contributed by atoms with Crippen LogP contribution in [0.15, 0.2) is 42.8 Å². The van der Waals surface area contributed by atoms with Gasteiger partial charge in [-0.15, -0.1) is 0 Å². The van der Waals surface area contributed by atoms with Gasteiger partial charge in [-0.2, -0.15) is 5.10 Å². The molecule has 0 unspecified atom stereocenters. The van der Waals surface area contributed by atoms with Crippen LogP contribution in [0, 0.1) is 6.92 Å². The minimum atomic E-state index is -0.379. The fourth-order valence-electron chi connectivity index (χ4n) is 2.30. The summed E-state index contributed by atoms with van der Waals surface area (Å²) in [5.74, 6) is 0.667. The second-order valence-corrected chi connectivity index (χ2v) is 8.70. The van der Waals surface area contributed by atoms with Gasteiger partial charge in [-0.3, -0.25) is 4.79 Å². The van der Waals surface area contributed by atoms with Crippen molar-refractivity contribution in [2.45, 2.75) is 26.7 Å². The van der Waals surface area contributed by atoms with E-state index in [0.29, 0.717) is 30.6 Å². The molecule has 0 atom stereocenters. The zero-order valence-corrected chi connectivity index (χ0v) is 19.8. The van der Waals surface area contributed by atoms with Gasteiger partial charge < -0.3 is 9.84 Å². The number of rotatable bonds is 6. The van der Waals surface area contributed by atoms with Crippen molar-refractivity contribution in [3.05, 3.63) is 54.4 Å². The van der Waals surface area contributed by atoms with E-state index in [-0.39, 0.29) is 18.3 Å². The Kier molecular flexibility index (Phi) is 7.88. The van der Waals surface area contributed by atoms with Crippen LogP contribution in [0.5, 0.6) is 11.5 Å². The van der Waals surface area contributed by atoms with E-state index in [4.69, 9.17) is 4.74 Å². The molecule has 0 aliphatic carbocycles. The molecule has 0 heterocycles. The number of aryl methyl sites for hydroxylation is 1. The molecule has 8 heteroatoms. The predicted molar refractivity (Wildman–Crippen MR) is 118 cm³/mol. The minimum Gasteiger partial charge on any atom is -0.506 e. The third-order valence-electron chi connectivity index (χ3n) is 3.71. The summed E-state index contributed by atoms with van der Waals surface area (Å²) >= 11 is 9.93. The minimum absolute atomic E-state index is 0.0509. The van der Waals surface area contributed by atoms with E-state index in [2.05, 4.69) is 72.2 Å². The van der Waals surface area contributed by atoms with Crippen molar-refractivity contribution < 1.29 is 14.6 Å². The number of carbonyl (C=O) groups excluding carboxylic acids is 1. The lowest BCUT2D eigenvalue weighted by Gasteiger charge is -2.14. The van der Waals surface area contributed by atoms with E-state index in [1.54, 1.807) is 6.07 Å². The number of aromatic hydroxyl groups is 1. The van der Waals surface area contributed by atoms with E-state index in [9.17, 15) is 9.90 Å². The normalized spacial score (nSPS) is 11.2. The van der Waals surface area contributed by atoms with E-state index in [1.165, 1.54) is 6.21 Å². The highest BCUT2D eigenvalue weighted by Gasteiger charge is 2.13. The van der Waals surface area contributed by atoms with Gasteiger partial charge in [-0.05, 0) is 68.0 Å². The van der Waals surface area contributed by atoms with E-state index in [1.807, 2.05) is 25.1 Å². The van der Waals surface area contributed by atoms with Gasteiger partial charge in [0.05, 0.1) is 15.2 Å². The molecule has 0 radical (unpaired) electrons. The lowest BCUT2D eigenvalue weighted by atomic mass is 10.0. The molecule has 2 aromatic carbocycles. The smallest absolute Gasteiger partial charge is 0.277 e. The summed E-state index contributed by atoms with van der Waals surface area (Å²) in [6.07, 6.45) is 1.43. The Morgan fingerprint density at radius 1 is 1.26 bits per heavy atom. The van der Waals surface area contributed by atoms with Crippen molar-refractivity contribution >= 4 is 59.9 Å². The highest BCUT2D eigenvalue weighted by molar-refractivity contribution is 9.11. The first kappa shape index (κ1) is 21.9. The topological polar surface area (TPSA) is 70.9 Å².